The van der Waals surface area contributed by atoms with Crippen LogP contribution in [0.5, 0.6) is 0 Å². The van der Waals surface area contributed by atoms with Gasteiger partial charge in [-0.05, 0) is 25.0 Å². The number of thiazole rings is 1. The number of aryl methyl sites for hydroxylation is 1. The lowest BCUT2D eigenvalue weighted by molar-refractivity contribution is 0.190. The SMILES string of the molecule is COCCCn1c(=C(C#N)C#N)s/c(=C/c2ccc(C)cc2)c1=O. The van der Waals surface area contributed by atoms with Crippen LogP contribution in [-0.4, -0.2) is 18.3 Å². The second-order valence-electron chi connectivity index (χ2n) is 5.23. The largest absolute Gasteiger partial charge is 0.385 e. The number of hydrogen-bond acceptors (Lipinski definition) is 5. The Balaban J connectivity index is 2.64. The number of methoxy groups -OCH3 is 1. The molecular formula is C18H17N3O2S. The lowest BCUT2D eigenvalue weighted by Gasteiger charge is -2.01. The molecule has 0 atom stereocenters. The molecule has 0 spiro atoms. The molecule has 0 aliphatic rings. The monoisotopic (exact) mass is 339 g/mol. The third-order valence-corrected chi connectivity index (χ3v) is 4.58. The van der Waals surface area contributed by atoms with Crippen LogP contribution >= 0.6 is 11.3 Å². The summed E-state index contributed by atoms with van der Waals surface area (Å²) in [5.41, 5.74) is 1.82. The summed E-state index contributed by atoms with van der Waals surface area (Å²) in [5.74, 6) is 0. The molecule has 1 aromatic carbocycles. The molecule has 5 nitrogen and oxygen atoms in total. The topological polar surface area (TPSA) is 78.8 Å². The van der Waals surface area contributed by atoms with Gasteiger partial charge in [-0.3, -0.25) is 9.36 Å². The van der Waals surface area contributed by atoms with Gasteiger partial charge in [0.15, 0.2) is 5.57 Å². The molecule has 0 radical (unpaired) electrons. The van der Waals surface area contributed by atoms with Crippen molar-refractivity contribution in [3.63, 3.8) is 0 Å². The van der Waals surface area contributed by atoms with E-state index >= 15 is 0 Å². The summed E-state index contributed by atoms with van der Waals surface area (Å²) in [6.45, 7) is 2.91. The van der Waals surface area contributed by atoms with Crippen LogP contribution in [0.4, 0.5) is 0 Å². The van der Waals surface area contributed by atoms with E-state index in [1.165, 1.54) is 15.9 Å². The van der Waals surface area contributed by atoms with E-state index in [1.807, 2.05) is 43.3 Å². The molecule has 0 aliphatic heterocycles. The van der Waals surface area contributed by atoms with E-state index in [1.54, 1.807) is 13.2 Å². The summed E-state index contributed by atoms with van der Waals surface area (Å²) in [7, 11) is 1.59. The van der Waals surface area contributed by atoms with Gasteiger partial charge in [-0.1, -0.05) is 29.8 Å². The predicted octanol–water partition coefficient (Wildman–Crippen LogP) is 1.28. The Morgan fingerprint density at radius 1 is 1.29 bits per heavy atom. The highest BCUT2D eigenvalue weighted by atomic mass is 32.1. The van der Waals surface area contributed by atoms with E-state index in [9.17, 15) is 4.79 Å². The molecule has 6 heteroatoms. The predicted molar refractivity (Wildman–Crippen MR) is 93.7 cm³/mol. The Bertz CT molecular complexity index is 954. The average molecular weight is 339 g/mol. The van der Waals surface area contributed by atoms with Gasteiger partial charge in [0.05, 0.1) is 4.53 Å². The molecule has 1 aromatic heterocycles. The van der Waals surface area contributed by atoms with Gasteiger partial charge >= 0.3 is 0 Å². The van der Waals surface area contributed by atoms with Gasteiger partial charge in [0.25, 0.3) is 5.56 Å². The zero-order valence-electron chi connectivity index (χ0n) is 13.6. The molecule has 0 saturated heterocycles. The lowest BCUT2D eigenvalue weighted by atomic mass is 10.1. The Morgan fingerprint density at radius 3 is 2.54 bits per heavy atom. The summed E-state index contributed by atoms with van der Waals surface area (Å²) in [4.78, 5) is 12.7. The van der Waals surface area contributed by atoms with Gasteiger partial charge in [-0.25, -0.2) is 0 Å². The van der Waals surface area contributed by atoms with Crippen molar-refractivity contribution in [1.82, 2.24) is 4.57 Å². The van der Waals surface area contributed by atoms with Crippen LogP contribution in [0.2, 0.25) is 0 Å². The van der Waals surface area contributed by atoms with E-state index in [0.717, 1.165) is 11.1 Å². The van der Waals surface area contributed by atoms with Gasteiger partial charge in [0.2, 0.25) is 0 Å². The normalized spacial score (nSPS) is 11.1. The molecule has 0 bridgehead atoms. The maximum absolute atomic E-state index is 12.7. The van der Waals surface area contributed by atoms with Crippen molar-refractivity contribution < 1.29 is 4.74 Å². The first-order valence-corrected chi connectivity index (χ1v) is 8.24. The maximum atomic E-state index is 12.7. The standard InChI is InChI=1S/C18H17N3O2S/c1-13-4-6-14(7-5-13)10-16-17(22)21(8-3-9-23-2)18(24-16)15(11-19)12-20/h4-7,10H,3,8-9H2,1-2H3/b16-10+. The van der Waals surface area contributed by atoms with Gasteiger partial charge in [0, 0.05) is 20.3 Å². The van der Waals surface area contributed by atoms with Crippen LogP contribution in [0.1, 0.15) is 17.5 Å². The van der Waals surface area contributed by atoms with Crippen molar-refractivity contribution >= 4 is 23.0 Å². The van der Waals surface area contributed by atoms with Gasteiger partial charge in [-0.2, -0.15) is 10.5 Å². The lowest BCUT2D eigenvalue weighted by Crippen LogP contribution is -2.32. The van der Waals surface area contributed by atoms with E-state index < -0.39 is 0 Å². The Labute approximate surface area is 144 Å². The van der Waals surface area contributed by atoms with E-state index in [2.05, 4.69) is 0 Å². The quantitative estimate of drug-likeness (QED) is 0.769. The van der Waals surface area contributed by atoms with Crippen molar-refractivity contribution in [3.8, 4) is 12.1 Å². The van der Waals surface area contributed by atoms with Crippen molar-refractivity contribution in [2.24, 2.45) is 0 Å². The minimum atomic E-state index is -0.185. The average Bonchev–Trinajstić information content (AvgIpc) is 2.88. The van der Waals surface area contributed by atoms with E-state index in [4.69, 9.17) is 15.3 Å². The smallest absolute Gasteiger partial charge is 0.269 e. The number of nitrogens with zero attached hydrogens (tertiary/aromatic N) is 3. The number of nitriles is 2. The fourth-order valence-electron chi connectivity index (χ4n) is 2.21. The third kappa shape index (κ3) is 3.99. The molecule has 0 fully saturated rings. The number of benzene rings is 1. The number of ether oxygens (including phenoxy) is 1. The number of aromatic nitrogens is 1. The maximum Gasteiger partial charge on any atom is 0.269 e. The minimum absolute atomic E-state index is 0.0435. The molecule has 2 aromatic rings. The number of hydrogen-bond donors (Lipinski definition) is 0. The summed E-state index contributed by atoms with van der Waals surface area (Å²) in [5, 5.41) is 18.3. The van der Waals surface area contributed by atoms with Crippen LogP contribution in [0.3, 0.4) is 0 Å². The molecule has 2 rings (SSSR count). The van der Waals surface area contributed by atoms with Crippen molar-refractivity contribution in [2.75, 3.05) is 13.7 Å². The van der Waals surface area contributed by atoms with Crippen LogP contribution in [0.25, 0.3) is 11.6 Å². The number of rotatable bonds is 5. The Morgan fingerprint density at radius 2 is 1.96 bits per heavy atom. The van der Waals surface area contributed by atoms with Crippen LogP contribution in [0, 0.1) is 29.6 Å². The second-order valence-corrected chi connectivity index (χ2v) is 6.26. The highest BCUT2D eigenvalue weighted by molar-refractivity contribution is 7.07. The molecule has 0 unspecified atom stereocenters. The Hall–Kier alpha value is -2.67. The highest BCUT2D eigenvalue weighted by Gasteiger charge is 2.09. The minimum Gasteiger partial charge on any atom is -0.385 e. The van der Waals surface area contributed by atoms with Gasteiger partial charge < -0.3 is 4.74 Å². The summed E-state index contributed by atoms with van der Waals surface area (Å²) < 4.78 is 7.42. The van der Waals surface area contributed by atoms with E-state index in [-0.39, 0.29) is 11.1 Å². The highest BCUT2D eigenvalue weighted by Crippen LogP contribution is 2.03. The summed E-state index contributed by atoms with van der Waals surface area (Å²) in [6, 6.07) is 11.6. The first kappa shape index (κ1) is 17.7. The van der Waals surface area contributed by atoms with Crippen LogP contribution < -0.4 is 14.8 Å². The molecule has 0 N–H and O–H groups in total. The molecule has 0 saturated carbocycles. The first-order valence-electron chi connectivity index (χ1n) is 7.42. The second kappa shape index (κ2) is 8.26. The fraction of sp³-hybridized carbons (Fsp3) is 0.278. The molecule has 1 heterocycles. The van der Waals surface area contributed by atoms with Crippen LogP contribution in [-0.2, 0) is 11.3 Å². The Kier molecular flexibility index (Phi) is 6.08. The molecule has 122 valence electrons. The summed E-state index contributed by atoms with van der Waals surface area (Å²) in [6.07, 6.45) is 2.42. The first-order chi connectivity index (χ1) is 11.6. The third-order valence-electron chi connectivity index (χ3n) is 3.45. The van der Waals surface area contributed by atoms with E-state index in [0.29, 0.717) is 28.8 Å². The summed E-state index contributed by atoms with van der Waals surface area (Å²) >= 11 is 1.17. The van der Waals surface area contributed by atoms with Crippen LogP contribution in [0.15, 0.2) is 29.1 Å². The molecule has 0 amide bonds. The zero-order valence-corrected chi connectivity index (χ0v) is 14.4. The van der Waals surface area contributed by atoms with Gasteiger partial charge in [0.1, 0.15) is 16.8 Å². The van der Waals surface area contributed by atoms with Crippen molar-refractivity contribution in [1.29, 1.82) is 10.5 Å². The van der Waals surface area contributed by atoms with Gasteiger partial charge in [-0.15, -0.1) is 11.3 Å². The van der Waals surface area contributed by atoms with Crippen molar-refractivity contribution in [3.05, 3.63) is 54.9 Å². The fourth-order valence-corrected chi connectivity index (χ4v) is 3.29. The zero-order chi connectivity index (χ0) is 17.5. The molecule has 0 aliphatic carbocycles. The van der Waals surface area contributed by atoms with Crippen molar-refractivity contribution in [2.45, 2.75) is 19.9 Å². The molecule has 24 heavy (non-hydrogen) atoms. The molecular weight excluding hydrogens is 322 g/mol.